The first-order chi connectivity index (χ1) is 13.9. The number of fused-ring (bicyclic) bond motifs is 1. The molecule has 1 heterocycles. The zero-order chi connectivity index (χ0) is 21.0. The van der Waals surface area contributed by atoms with E-state index in [1.54, 1.807) is 11.6 Å². The molecule has 0 fully saturated rings. The van der Waals surface area contributed by atoms with Crippen LogP contribution in [-0.2, 0) is 16.1 Å². The number of ether oxygens (including phenoxy) is 1. The molecule has 0 saturated heterocycles. The molecule has 0 radical (unpaired) electrons. The lowest BCUT2D eigenvalue weighted by molar-refractivity contribution is -0.123. The van der Waals surface area contributed by atoms with Crippen LogP contribution in [0.5, 0.6) is 0 Å². The number of aryl methyl sites for hydroxylation is 2. The highest BCUT2D eigenvalue weighted by Crippen LogP contribution is 2.23. The Morgan fingerprint density at radius 3 is 2.66 bits per heavy atom. The monoisotopic (exact) mass is 413 g/mol. The lowest BCUT2D eigenvalue weighted by Gasteiger charge is -2.14. The van der Waals surface area contributed by atoms with Crippen molar-refractivity contribution in [1.82, 2.24) is 9.78 Å². The summed E-state index contributed by atoms with van der Waals surface area (Å²) in [4.78, 5) is 25.1. The fourth-order valence-electron chi connectivity index (χ4n) is 3.03. The number of carbonyl (C=O) groups is 2. The molecule has 1 atom stereocenters. The van der Waals surface area contributed by atoms with Crippen LogP contribution in [0.3, 0.4) is 0 Å². The third-order valence-corrected chi connectivity index (χ3v) is 5.05. The molecule has 1 N–H and O–H groups in total. The Balaban J connectivity index is 1.67. The summed E-state index contributed by atoms with van der Waals surface area (Å²) in [5.41, 5.74) is 1.32. The minimum Gasteiger partial charge on any atom is -0.449 e. The molecule has 0 aliphatic rings. The number of aromatic nitrogens is 2. The van der Waals surface area contributed by atoms with Gasteiger partial charge in [-0.2, -0.15) is 5.10 Å². The van der Waals surface area contributed by atoms with Crippen LogP contribution in [0.25, 0.3) is 10.8 Å². The second-order valence-electron chi connectivity index (χ2n) is 6.93. The van der Waals surface area contributed by atoms with Gasteiger partial charge in [0, 0.05) is 12.2 Å². The van der Waals surface area contributed by atoms with Crippen molar-refractivity contribution in [3.63, 3.8) is 0 Å². The fourth-order valence-corrected chi connectivity index (χ4v) is 3.36. The van der Waals surface area contributed by atoms with Crippen LogP contribution >= 0.6 is 11.6 Å². The molecule has 6 nitrogen and oxygen atoms in total. The van der Waals surface area contributed by atoms with Gasteiger partial charge in [0.05, 0.1) is 5.69 Å². The van der Waals surface area contributed by atoms with Gasteiger partial charge in [-0.05, 0) is 43.2 Å². The summed E-state index contributed by atoms with van der Waals surface area (Å²) in [6, 6.07) is 13.5. The number of unbranched alkanes of at least 4 members (excludes halogenated alkanes) is 1. The number of hydrogen-bond donors (Lipinski definition) is 1. The van der Waals surface area contributed by atoms with Gasteiger partial charge in [0.25, 0.3) is 5.91 Å². The van der Waals surface area contributed by atoms with Gasteiger partial charge in [-0.3, -0.25) is 9.48 Å². The van der Waals surface area contributed by atoms with E-state index in [1.165, 1.54) is 6.92 Å². The zero-order valence-electron chi connectivity index (χ0n) is 16.7. The standard InChI is InChI=1S/C22H24ClN3O3/c1-4-5-12-26-20(23)19(14(2)25-26)22(28)29-15(3)21(27)24-18-11-10-16-8-6-7-9-17(16)13-18/h6-11,13,15H,4-5,12H2,1-3H3,(H,24,27)/t15-/m1/s1. The molecule has 2 aromatic carbocycles. The van der Waals surface area contributed by atoms with Crippen molar-refractivity contribution in [2.45, 2.75) is 46.3 Å². The molecule has 29 heavy (non-hydrogen) atoms. The number of carbonyl (C=O) groups excluding carboxylic acids is 2. The molecule has 7 heteroatoms. The van der Waals surface area contributed by atoms with E-state index in [0.717, 1.165) is 23.6 Å². The van der Waals surface area contributed by atoms with Crippen molar-refractivity contribution in [3.8, 4) is 0 Å². The lowest BCUT2D eigenvalue weighted by Crippen LogP contribution is -2.30. The van der Waals surface area contributed by atoms with Gasteiger partial charge in [-0.1, -0.05) is 55.3 Å². The first kappa shape index (κ1) is 20.9. The van der Waals surface area contributed by atoms with Crippen molar-refractivity contribution < 1.29 is 14.3 Å². The Kier molecular flexibility index (Phi) is 6.54. The predicted octanol–water partition coefficient (Wildman–Crippen LogP) is 4.98. The number of rotatable bonds is 7. The number of benzene rings is 2. The first-order valence-electron chi connectivity index (χ1n) is 9.64. The van der Waals surface area contributed by atoms with Crippen LogP contribution < -0.4 is 5.32 Å². The second-order valence-corrected chi connectivity index (χ2v) is 7.28. The maximum atomic E-state index is 12.6. The summed E-state index contributed by atoms with van der Waals surface area (Å²) in [6.07, 6.45) is 0.907. The number of esters is 1. The van der Waals surface area contributed by atoms with Gasteiger partial charge < -0.3 is 10.1 Å². The molecule has 1 amide bonds. The van der Waals surface area contributed by atoms with Crippen molar-refractivity contribution >= 4 is 39.9 Å². The Morgan fingerprint density at radius 2 is 1.93 bits per heavy atom. The molecule has 0 bridgehead atoms. The first-order valence-corrected chi connectivity index (χ1v) is 10.0. The normalized spacial score (nSPS) is 12.0. The largest absolute Gasteiger partial charge is 0.449 e. The summed E-state index contributed by atoms with van der Waals surface area (Å²) in [5, 5.41) is 9.41. The van der Waals surface area contributed by atoms with Gasteiger partial charge in [0.15, 0.2) is 6.10 Å². The third kappa shape index (κ3) is 4.77. The molecular weight excluding hydrogens is 390 g/mol. The molecule has 0 spiro atoms. The van der Waals surface area contributed by atoms with E-state index in [9.17, 15) is 9.59 Å². The number of anilines is 1. The molecule has 0 saturated carbocycles. The van der Waals surface area contributed by atoms with E-state index in [0.29, 0.717) is 17.9 Å². The highest BCUT2D eigenvalue weighted by molar-refractivity contribution is 6.32. The summed E-state index contributed by atoms with van der Waals surface area (Å²) in [5.74, 6) is -1.07. The summed E-state index contributed by atoms with van der Waals surface area (Å²) >= 11 is 6.31. The van der Waals surface area contributed by atoms with Crippen LogP contribution in [0.2, 0.25) is 5.15 Å². The van der Waals surface area contributed by atoms with Crippen molar-refractivity contribution in [1.29, 1.82) is 0 Å². The van der Waals surface area contributed by atoms with Gasteiger partial charge in [-0.25, -0.2) is 4.79 Å². The highest BCUT2D eigenvalue weighted by Gasteiger charge is 2.25. The molecule has 152 valence electrons. The van der Waals surface area contributed by atoms with Crippen LogP contribution in [0.1, 0.15) is 42.7 Å². The topological polar surface area (TPSA) is 73.2 Å². The quantitative estimate of drug-likeness (QED) is 0.554. The van der Waals surface area contributed by atoms with E-state index in [2.05, 4.69) is 17.3 Å². The number of nitrogens with zero attached hydrogens (tertiary/aromatic N) is 2. The minimum atomic E-state index is -0.983. The van der Waals surface area contributed by atoms with Gasteiger partial charge >= 0.3 is 5.97 Å². The summed E-state index contributed by atoms with van der Waals surface area (Å²) < 4.78 is 6.94. The van der Waals surface area contributed by atoms with Crippen molar-refractivity contribution in [2.75, 3.05) is 5.32 Å². The highest BCUT2D eigenvalue weighted by atomic mass is 35.5. The van der Waals surface area contributed by atoms with Crippen LogP contribution in [0.15, 0.2) is 42.5 Å². The van der Waals surface area contributed by atoms with Crippen LogP contribution in [-0.4, -0.2) is 27.8 Å². The van der Waals surface area contributed by atoms with Gasteiger partial charge in [0.1, 0.15) is 10.7 Å². The molecule has 3 rings (SSSR count). The van der Waals surface area contributed by atoms with E-state index in [4.69, 9.17) is 16.3 Å². The average molecular weight is 414 g/mol. The maximum absolute atomic E-state index is 12.6. The van der Waals surface area contributed by atoms with Crippen molar-refractivity contribution in [2.24, 2.45) is 0 Å². The average Bonchev–Trinajstić information content (AvgIpc) is 2.99. The molecule has 3 aromatic rings. The van der Waals surface area contributed by atoms with E-state index in [-0.39, 0.29) is 10.7 Å². The van der Waals surface area contributed by atoms with E-state index < -0.39 is 18.0 Å². The molecule has 0 aliphatic heterocycles. The molecular formula is C22H24ClN3O3. The second kappa shape index (κ2) is 9.09. The smallest absolute Gasteiger partial charge is 0.343 e. The summed E-state index contributed by atoms with van der Waals surface area (Å²) in [7, 11) is 0. The number of halogens is 1. The third-order valence-electron chi connectivity index (χ3n) is 4.66. The molecule has 0 unspecified atom stereocenters. The number of amides is 1. The Hall–Kier alpha value is -2.86. The van der Waals surface area contributed by atoms with E-state index in [1.807, 2.05) is 42.5 Å². The Bertz CT molecular complexity index is 1040. The van der Waals surface area contributed by atoms with Crippen LogP contribution in [0.4, 0.5) is 5.69 Å². The van der Waals surface area contributed by atoms with Crippen LogP contribution in [0, 0.1) is 6.92 Å². The lowest BCUT2D eigenvalue weighted by atomic mass is 10.1. The molecule has 0 aliphatic carbocycles. The van der Waals surface area contributed by atoms with Crippen molar-refractivity contribution in [3.05, 3.63) is 58.9 Å². The summed E-state index contributed by atoms with van der Waals surface area (Å²) in [6.45, 7) is 5.92. The SMILES string of the molecule is CCCCn1nc(C)c(C(=O)O[C@H](C)C(=O)Nc2ccc3ccccc3c2)c1Cl. The maximum Gasteiger partial charge on any atom is 0.343 e. The Labute approximate surface area is 174 Å². The van der Waals surface area contributed by atoms with E-state index >= 15 is 0 Å². The fraction of sp³-hybridized carbons (Fsp3) is 0.318. The van der Waals surface area contributed by atoms with Gasteiger partial charge in [-0.15, -0.1) is 0 Å². The van der Waals surface area contributed by atoms with Gasteiger partial charge in [0.2, 0.25) is 0 Å². The Morgan fingerprint density at radius 1 is 1.21 bits per heavy atom. The zero-order valence-corrected chi connectivity index (χ0v) is 17.5. The minimum absolute atomic E-state index is 0.202. The number of hydrogen-bond acceptors (Lipinski definition) is 4. The number of nitrogens with one attached hydrogen (secondary N) is 1. The predicted molar refractivity (Wildman–Crippen MR) is 114 cm³/mol. The molecule has 1 aromatic heterocycles.